The zero-order chi connectivity index (χ0) is 25.5. The number of benzene rings is 2. The summed E-state index contributed by atoms with van der Waals surface area (Å²) in [5, 5.41) is 2.85. The molecule has 0 fully saturated rings. The average Bonchev–Trinajstić information content (AvgIpc) is 2.78. The number of hydrogen-bond acceptors (Lipinski definition) is 5. The molecule has 186 valence electrons. The van der Waals surface area contributed by atoms with E-state index in [9.17, 15) is 18.0 Å². The minimum absolute atomic E-state index is 0.113. The monoisotopic (exact) mass is 553 g/mol. The van der Waals surface area contributed by atoms with Crippen LogP contribution >= 0.6 is 15.9 Å². The number of carbonyl (C=O) groups excluding carboxylic acids is 2. The van der Waals surface area contributed by atoms with Crippen LogP contribution in [-0.4, -0.2) is 57.6 Å². The predicted molar refractivity (Wildman–Crippen MR) is 137 cm³/mol. The van der Waals surface area contributed by atoms with Gasteiger partial charge in [0.2, 0.25) is 21.8 Å². The van der Waals surface area contributed by atoms with Crippen LogP contribution in [0.5, 0.6) is 5.75 Å². The Bertz CT molecular complexity index is 1110. The largest absolute Gasteiger partial charge is 0.497 e. The number of nitrogens with zero attached hydrogens (tertiary/aromatic N) is 2. The average molecular weight is 555 g/mol. The van der Waals surface area contributed by atoms with Crippen molar-refractivity contribution < 1.29 is 22.7 Å². The maximum atomic E-state index is 13.5. The first-order valence-corrected chi connectivity index (χ1v) is 13.5. The lowest BCUT2D eigenvalue weighted by Crippen LogP contribution is -2.51. The van der Waals surface area contributed by atoms with Crippen LogP contribution in [0, 0.1) is 5.92 Å². The number of halogens is 1. The molecule has 2 rings (SSSR count). The van der Waals surface area contributed by atoms with E-state index < -0.39 is 28.5 Å². The Balaban J connectivity index is 2.38. The number of hydrogen-bond donors (Lipinski definition) is 1. The number of sulfonamides is 1. The summed E-state index contributed by atoms with van der Waals surface area (Å²) in [6.45, 7) is 5.73. The lowest BCUT2D eigenvalue weighted by Gasteiger charge is -2.31. The van der Waals surface area contributed by atoms with Gasteiger partial charge in [-0.1, -0.05) is 48.0 Å². The summed E-state index contributed by atoms with van der Waals surface area (Å²) < 4.78 is 32.1. The van der Waals surface area contributed by atoms with E-state index in [0.717, 1.165) is 16.1 Å². The smallest absolute Gasteiger partial charge is 0.244 e. The first kappa shape index (κ1) is 27.7. The summed E-state index contributed by atoms with van der Waals surface area (Å²) in [4.78, 5) is 27.7. The molecule has 0 aromatic heterocycles. The fraction of sp³-hybridized carbons (Fsp3) is 0.417. The molecule has 0 aliphatic carbocycles. The van der Waals surface area contributed by atoms with Gasteiger partial charge in [-0.25, -0.2) is 8.42 Å². The lowest BCUT2D eigenvalue weighted by atomic mass is 10.1. The van der Waals surface area contributed by atoms with Crippen molar-refractivity contribution in [3.8, 4) is 5.75 Å². The van der Waals surface area contributed by atoms with E-state index in [1.807, 2.05) is 19.9 Å². The highest BCUT2D eigenvalue weighted by Gasteiger charge is 2.30. The highest BCUT2D eigenvalue weighted by Crippen LogP contribution is 2.23. The molecule has 1 atom stereocenters. The van der Waals surface area contributed by atoms with Gasteiger partial charge in [0.25, 0.3) is 0 Å². The molecule has 0 heterocycles. The minimum Gasteiger partial charge on any atom is -0.497 e. The number of ether oxygens (including phenoxy) is 1. The number of amides is 2. The third-order valence-electron chi connectivity index (χ3n) is 5.11. The molecule has 2 aromatic rings. The van der Waals surface area contributed by atoms with Crippen molar-refractivity contribution in [2.45, 2.75) is 33.4 Å². The Morgan fingerprint density at radius 2 is 1.76 bits per heavy atom. The predicted octanol–water partition coefficient (Wildman–Crippen LogP) is 3.41. The van der Waals surface area contributed by atoms with Gasteiger partial charge in [0.15, 0.2) is 0 Å². The quantitative estimate of drug-likeness (QED) is 0.460. The summed E-state index contributed by atoms with van der Waals surface area (Å²) >= 11 is 3.34. The second-order valence-electron chi connectivity index (χ2n) is 8.44. The molecule has 34 heavy (non-hydrogen) atoms. The van der Waals surface area contributed by atoms with E-state index in [1.54, 1.807) is 56.5 Å². The first-order valence-electron chi connectivity index (χ1n) is 10.9. The molecule has 0 radical (unpaired) electrons. The molecule has 1 unspecified atom stereocenters. The van der Waals surface area contributed by atoms with Crippen LogP contribution in [0.3, 0.4) is 0 Å². The third-order valence-corrected chi connectivity index (χ3v) is 6.75. The SMILES string of the molecule is COc1cccc(CN(C(=O)CN(c2cccc(Br)c2)S(C)(=O)=O)C(C)C(=O)NCC(C)C)c1. The van der Waals surface area contributed by atoms with Crippen LogP contribution in [0.15, 0.2) is 53.0 Å². The normalized spacial score (nSPS) is 12.2. The number of methoxy groups -OCH3 is 1. The molecule has 0 saturated heterocycles. The first-order chi connectivity index (χ1) is 15.9. The van der Waals surface area contributed by atoms with Gasteiger partial charge in [0, 0.05) is 17.6 Å². The number of carbonyl (C=O) groups is 2. The summed E-state index contributed by atoms with van der Waals surface area (Å²) in [6, 6.07) is 13.1. The molecule has 2 amide bonds. The van der Waals surface area contributed by atoms with Gasteiger partial charge in [0.1, 0.15) is 18.3 Å². The Labute approximate surface area is 210 Å². The molecular weight excluding hydrogens is 522 g/mol. The van der Waals surface area contributed by atoms with Crippen LogP contribution in [0.25, 0.3) is 0 Å². The van der Waals surface area contributed by atoms with Crippen LogP contribution in [0.2, 0.25) is 0 Å². The number of anilines is 1. The summed E-state index contributed by atoms with van der Waals surface area (Å²) in [5.41, 5.74) is 1.10. The van der Waals surface area contributed by atoms with Crippen molar-refractivity contribution in [3.63, 3.8) is 0 Å². The molecule has 1 N–H and O–H groups in total. The fourth-order valence-corrected chi connectivity index (χ4v) is 4.48. The Morgan fingerprint density at radius 3 is 2.35 bits per heavy atom. The molecule has 8 nitrogen and oxygen atoms in total. The van der Waals surface area contributed by atoms with Gasteiger partial charge < -0.3 is 15.0 Å². The van der Waals surface area contributed by atoms with Gasteiger partial charge in [-0.3, -0.25) is 13.9 Å². The van der Waals surface area contributed by atoms with Crippen molar-refractivity contribution >= 4 is 43.5 Å². The molecule has 0 bridgehead atoms. The maximum absolute atomic E-state index is 13.5. The Morgan fingerprint density at radius 1 is 1.09 bits per heavy atom. The third kappa shape index (κ3) is 8.02. The van der Waals surface area contributed by atoms with Crippen molar-refractivity contribution in [3.05, 3.63) is 58.6 Å². The summed E-state index contributed by atoms with van der Waals surface area (Å²) in [5.74, 6) is 0.0587. The second-order valence-corrected chi connectivity index (χ2v) is 11.3. The number of nitrogens with one attached hydrogen (secondary N) is 1. The molecule has 2 aromatic carbocycles. The van der Waals surface area contributed by atoms with Gasteiger partial charge in [-0.15, -0.1) is 0 Å². The van der Waals surface area contributed by atoms with E-state index in [0.29, 0.717) is 22.5 Å². The Kier molecular flexibility index (Phi) is 9.93. The highest BCUT2D eigenvalue weighted by molar-refractivity contribution is 9.10. The minimum atomic E-state index is -3.77. The van der Waals surface area contributed by atoms with Crippen LogP contribution in [-0.2, 0) is 26.2 Å². The van der Waals surface area contributed by atoms with Crippen molar-refractivity contribution in [2.75, 3.05) is 30.8 Å². The van der Waals surface area contributed by atoms with E-state index in [2.05, 4.69) is 21.2 Å². The van der Waals surface area contributed by atoms with Crippen LogP contribution in [0.4, 0.5) is 5.69 Å². The lowest BCUT2D eigenvalue weighted by molar-refractivity contribution is -0.139. The van der Waals surface area contributed by atoms with Gasteiger partial charge in [0.05, 0.1) is 19.1 Å². The zero-order valence-electron chi connectivity index (χ0n) is 20.1. The van der Waals surface area contributed by atoms with Crippen molar-refractivity contribution in [1.82, 2.24) is 10.2 Å². The topological polar surface area (TPSA) is 96.0 Å². The van der Waals surface area contributed by atoms with E-state index in [-0.39, 0.29) is 18.4 Å². The van der Waals surface area contributed by atoms with Crippen LogP contribution in [0.1, 0.15) is 26.3 Å². The molecule has 10 heteroatoms. The molecular formula is C24H32BrN3O5S. The number of rotatable bonds is 11. The van der Waals surface area contributed by atoms with Gasteiger partial charge in [-0.05, 0) is 48.7 Å². The van der Waals surface area contributed by atoms with Crippen molar-refractivity contribution in [2.24, 2.45) is 5.92 Å². The molecule has 0 saturated carbocycles. The molecule has 0 aliphatic heterocycles. The molecule has 0 spiro atoms. The van der Waals surface area contributed by atoms with Gasteiger partial charge in [-0.2, -0.15) is 0 Å². The van der Waals surface area contributed by atoms with E-state index in [4.69, 9.17) is 4.74 Å². The summed E-state index contributed by atoms with van der Waals surface area (Å²) in [7, 11) is -2.22. The van der Waals surface area contributed by atoms with E-state index >= 15 is 0 Å². The summed E-state index contributed by atoms with van der Waals surface area (Å²) in [6.07, 6.45) is 1.05. The van der Waals surface area contributed by atoms with E-state index in [1.165, 1.54) is 4.90 Å². The van der Waals surface area contributed by atoms with Gasteiger partial charge >= 0.3 is 0 Å². The van der Waals surface area contributed by atoms with Crippen LogP contribution < -0.4 is 14.4 Å². The maximum Gasteiger partial charge on any atom is 0.244 e. The highest BCUT2D eigenvalue weighted by atomic mass is 79.9. The second kappa shape index (κ2) is 12.2. The zero-order valence-corrected chi connectivity index (χ0v) is 22.5. The van der Waals surface area contributed by atoms with Crippen molar-refractivity contribution in [1.29, 1.82) is 0 Å². The fourth-order valence-electron chi connectivity index (χ4n) is 3.25. The molecule has 0 aliphatic rings. The Hall–Kier alpha value is -2.59. The standard InChI is InChI=1S/C24H32BrN3O5S/c1-17(2)14-26-24(30)18(3)27(15-19-8-6-11-22(12-19)33-4)23(29)16-28(34(5,31)32)21-10-7-9-20(25)13-21/h6-13,17-18H,14-16H2,1-5H3,(H,26,30).